The number of esters is 1. The summed E-state index contributed by atoms with van der Waals surface area (Å²) in [5.74, 6) is 0.135. The van der Waals surface area contributed by atoms with Gasteiger partial charge in [-0.1, -0.05) is 0 Å². The standard InChI is InChI=1S/C20H12N2O4/c23-19-16-2-1-15(25-20(24)14-5-9-22-10-6-14)12-17(16)26-18(19)11-13-3-7-21-8-4-13/h1-12H/b18-11-. The molecule has 0 bridgehead atoms. The van der Waals surface area contributed by atoms with E-state index in [1.807, 2.05) is 0 Å². The lowest BCUT2D eigenvalue weighted by molar-refractivity contribution is 0.0734. The Morgan fingerprint density at radius 1 is 0.962 bits per heavy atom. The molecular weight excluding hydrogens is 332 g/mol. The van der Waals surface area contributed by atoms with E-state index in [0.29, 0.717) is 22.6 Å². The van der Waals surface area contributed by atoms with E-state index in [0.717, 1.165) is 5.56 Å². The van der Waals surface area contributed by atoms with Crippen molar-refractivity contribution >= 4 is 17.8 Å². The lowest BCUT2D eigenvalue weighted by Gasteiger charge is -2.05. The number of pyridine rings is 2. The van der Waals surface area contributed by atoms with Crippen LogP contribution in [0.3, 0.4) is 0 Å². The summed E-state index contributed by atoms with van der Waals surface area (Å²) in [5, 5.41) is 0. The Morgan fingerprint density at radius 2 is 1.65 bits per heavy atom. The molecule has 6 nitrogen and oxygen atoms in total. The van der Waals surface area contributed by atoms with Crippen molar-refractivity contribution in [2.24, 2.45) is 0 Å². The molecular formula is C20H12N2O4. The van der Waals surface area contributed by atoms with E-state index in [4.69, 9.17) is 9.47 Å². The van der Waals surface area contributed by atoms with Gasteiger partial charge in [0.1, 0.15) is 11.5 Å². The van der Waals surface area contributed by atoms with Crippen molar-refractivity contribution in [3.8, 4) is 11.5 Å². The number of ether oxygens (including phenoxy) is 2. The average Bonchev–Trinajstić information content (AvgIpc) is 2.98. The van der Waals surface area contributed by atoms with Gasteiger partial charge in [0, 0.05) is 30.9 Å². The highest BCUT2D eigenvalue weighted by Gasteiger charge is 2.28. The Balaban J connectivity index is 1.56. The Morgan fingerprint density at radius 3 is 2.38 bits per heavy atom. The number of benzene rings is 1. The largest absolute Gasteiger partial charge is 0.452 e. The number of carbonyl (C=O) groups is 2. The second-order valence-corrected chi connectivity index (χ2v) is 5.50. The fourth-order valence-corrected chi connectivity index (χ4v) is 2.50. The maximum absolute atomic E-state index is 12.4. The van der Waals surface area contributed by atoms with Crippen molar-refractivity contribution in [2.45, 2.75) is 0 Å². The van der Waals surface area contributed by atoms with E-state index in [1.165, 1.54) is 18.5 Å². The first kappa shape index (κ1) is 15.7. The predicted octanol–water partition coefficient (Wildman–Crippen LogP) is 3.31. The lowest BCUT2D eigenvalue weighted by atomic mass is 10.1. The molecule has 26 heavy (non-hydrogen) atoms. The van der Waals surface area contributed by atoms with Crippen molar-refractivity contribution in [3.05, 3.63) is 89.7 Å². The third-order valence-corrected chi connectivity index (χ3v) is 3.77. The summed E-state index contributed by atoms with van der Waals surface area (Å²) in [6, 6.07) is 11.3. The number of hydrogen-bond donors (Lipinski definition) is 0. The highest BCUT2D eigenvalue weighted by atomic mass is 16.5. The number of fused-ring (bicyclic) bond motifs is 1. The normalized spacial score (nSPS) is 14.0. The number of rotatable bonds is 3. The number of allylic oxidation sites excluding steroid dienone is 1. The van der Waals surface area contributed by atoms with Gasteiger partial charge >= 0.3 is 5.97 Å². The van der Waals surface area contributed by atoms with E-state index in [9.17, 15) is 9.59 Å². The monoisotopic (exact) mass is 344 g/mol. The SMILES string of the molecule is O=C(Oc1ccc2c(c1)O/C(=C\c1ccncc1)C2=O)c1ccncc1. The maximum atomic E-state index is 12.4. The molecule has 0 radical (unpaired) electrons. The minimum Gasteiger partial charge on any atom is -0.452 e. The Labute approximate surface area is 148 Å². The van der Waals surface area contributed by atoms with Gasteiger partial charge in [-0.25, -0.2) is 4.79 Å². The topological polar surface area (TPSA) is 78.4 Å². The molecule has 0 spiro atoms. The van der Waals surface area contributed by atoms with E-state index >= 15 is 0 Å². The van der Waals surface area contributed by atoms with Gasteiger partial charge in [-0.05, 0) is 48.0 Å². The van der Waals surface area contributed by atoms with Crippen LogP contribution in [0.2, 0.25) is 0 Å². The van der Waals surface area contributed by atoms with Gasteiger partial charge in [-0.2, -0.15) is 0 Å². The van der Waals surface area contributed by atoms with Crippen LogP contribution in [0.15, 0.2) is 73.0 Å². The summed E-state index contributed by atoms with van der Waals surface area (Å²) in [6.07, 6.45) is 7.94. The van der Waals surface area contributed by atoms with E-state index in [2.05, 4.69) is 9.97 Å². The molecule has 0 saturated carbocycles. The molecule has 0 atom stereocenters. The van der Waals surface area contributed by atoms with Gasteiger partial charge in [-0.15, -0.1) is 0 Å². The Kier molecular flexibility index (Phi) is 3.99. The van der Waals surface area contributed by atoms with Gasteiger partial charge in [0.2, 0.25) is 5.78 Å². The second kappa shape index (κ2) is 6.60. The Hall–Kier alpha value is -3.80. The predicted molar refractivity (Wildman–Crippen MR) is 92.8 cm³/mol. The first-order chi connectivity index (χ1) is 12.7. The van der Waals surface area contributed by atoms with Crippen molar-refractivity contribution < 1.29 is 19.1 Å². The number of carbonyl (C=O) groups excluding carboxylic acids is 2. The molecule has 0 saturated heterocycles. The molecule has 0 fully saturated rings. The molecule has 4 rings (SSSR count). The number of aromatic nitrogens is 2. The van der Waals surface area contributed by atoms with Crippen molar-refractivity contribution in [1.82, 2.24) is 9.97 Å². The molecule has 2 aromatic heterocycles. The lowest BCUT2D eigenvalue weighted by Crippen LogP contribution is -2.08. The molecule has 1 aliphatic heterocycles. The minimum absolute atomic E-state index is 0.212. The Bertz CT molecular complexity index is 1010. The number of ketones is 1. The van der Waals surface area contributed by atoms with Crippen molar-refractivity contribution in [3.63, 3.8) is 0 Å². The van der Waals surface area contributed by atoms with E-state index in [1.54, 1.807) is 54.9 Å². The quantitative estimate of drug-likeness (QED) is 0.412. The zero-order valence-corrected chi connectivity index (χ0v) is 13.5. The molecule has 0 N–H and O–H groups in total. The molecule has 1 aromatic carbocycles. The number of Topliss-reactive ketones (excluding diaryl/α,β-unsaturated/α-hetero) is 1. The molecule has 6 heteroatoms. The van der Waals surface area contributed by atoms with Gasteiger partial charge in [0.15, 0.2) is 5.76 Å². The molecule has 126 valence electrons. The summed E-state index contributed by atoms with van der Waals surface area (Å²) in [6.45, 7) is 0. The van der Waals surface area contributed by atoms with Crippen LogP contribution in [0.5, 0.6) is 11.5 Å². The third kappa shape index (κ3) is 3.08. The van der Waals surface area contributed by atoms with E-state index in [-0.39, 0.29) is 11.5 Å². The van der Waals surface area contributed by atoms with E-state index < -0.39 is 5.97 Å². The molecule has 3 aromatic rings. The molecule has 1 aliphatic rings. The van der Waals surface area contributed by atoms with Gasteiger partial charge in [0.05, 0.1) is 11.1 Å². The molecule has 0 aliphatic carbocycles. The summed E-state index contributed by atoms with van der Waals surface area (Å²) in [5.41, 5.74) is 1.62. The highest BCUT2D eigenvalue weighted by molar-refractivity contribution is 6.14. The number of nitrogens with zero attached hydrogens (tertiary/aromatic N) is 2. The van der Waals surface area contributed by atoms with Gasteiger partial charge < -0.3 is 9.47 Å². The van der Waals surface area contributed by atoms with Crippen LogP contribution in [-0.2, 0) is 0 Å². The van der Waals surface area contributed by atoms with Gasteiger partial charge in [0.25, 0.3) is 0 Å². The zero-order chi connectivity index (χ0) is 17.9. The fraction of sp³-hybridized carbons (Fsp3) is 0. The first-order valence-electron chi connectivity index (χ1n) is 7.81. The molecule has 0 amide bonds. The van der Waals surface area contributed by atoms with Crippen molar-refractivity contribution in [1.29, 1.82) is 0 Å². The van der Waals surface area contributed by atoms with Crippen LogP contribution in [-0.4, -0.2) is 21.7 Å². The maximum Gasteiger partial charge on any atom is 0.343 e. The van der Waals surface area contributed by atoms with Crippen LogP contribution in [0.1, 0.15) is 26.3 Å². The second-order valence-electron chi connectivity index (χ2n) is 5.50. The highest BCUT2D eigenvalue weighted by Crippen LogP contribution is 2.35. The van der Waals surface area contributed by atoms with Crippen LogP contribution in [0.25, 0.3) is 6.08 Å². The van der Waals surface area contributed by atoms with Crippen molar-refractivity contribution in [2.75, 3.05) is 0 Å². The number of hydrogen-bond acceptors (Lipinski definition) is 6. The third-order valence-electron chi connectivity index (χ3n) is 3.77. The summed E-state index contributed by atoms with van der Waals surface area (Å²) >= 11 is 0. The average molecular weight is 344 g/mol. The smallest absolute Gasteiger partial charge is 0.343 e. The first-order valence-corrected chi connectivity index (χ1v) is 7.81. The molecule has 3 heterocycles. The van der Waals surface area contributed by atoms with Gasteiger partial charge in [-0.3, -0.25) is 14.8 Å². The van der Waals surface area contributed by atoms with Crippen LogP contribution >= 0.6 is 0 Å². The minimum atomic E-state index is -0.510. The fourth-order valence-electron chi connectivity index (χ4n) is 2.50. The summed E-state index contributed by atoms with van der Waals surface area (Å²) < 4.78 is 11.0. The summed E-state index contributed by atoms with van der Waals surface area (Å²) in [7, 11) is 0. The zero-order valence-electron chi connectivity index (χ0n) is 13.5. The van der Waals surface area contributed by atoms with Crippen LogP contribution in [0, 0.1) is 0 Å². The summed E-state index contributed by atoms with van der Waals surface area (Å²) in [4.78, 5) is 32.3. The van der Waals surface area contributed by atoms with Crippen LogP contribution < -0.4 is 9.47 Å². The van der Waals surface area contributed by atoms with Crippen LogP contribution in [0.4, 0.5) is 0 Å². The molecule has 0 unspecified atom stereocenters.